The molecule has 4 heteroatoms. The van der Waals surface area contributed by atoms with Gasteiger partial charge in [0.25, 0.3) is 0 Å². The number of carbonyl (C=O) groups excluding carboxylic acids is 1. The number of ether oxygens (including phenoxy) is 2. The fraction of sp³-hybridized carbons (Fsp3) is 0.0833. The third-order valence-corrected chi connectivity index (χ3v) is 4.38. The minimum Gasteiger partial charge on any atom is -0.488 e. The molecule has 0 atom stereocenters. The summed E-state index contributed by atoms with van der Waals surface area (Å²) in [5.41, 5.74) is 3.34. The molecule has 0 aliphatic carbocycles. The lowest BCUT2D eigenvalue weighted by Gasteiger charge is -2.10. The van der Waals surface area contributed by atoms with Gasteiger partial charge in [0.1, 0.15) is 24.7 Å². The van der Waals surface area contributed by atoms with Crippen molar-refractivity contribution in [1.82, 2.24) is 4.98 Å². The maximum absolute atomic E-state index is 11.1. The number of rotatable bonds is 7. The standard InChI is InChI=1S/C24H19NO3/c26-15-20-8-2-4-11-24(20)28-16-18-6-5-9-22(14-18)27-17-21-13-12-19-7-1-3-10-23(19)25-21/h1-15H,16-17H2. The lowest BCUT2D eigenvalue weighted by Crippen LogP contribution is -2.01. The topological polar surface area (TPSA) is 48.4 Å². The number of carbonyl (C=O) groups is 1. The summed E-state index contributed by atoms with van der Waals surface area (Å²) < 4.78 is 11.7. The quantitative estimate of drug-likeness (QED) is 0.420. The Morgan fingerprint density at radius 3 is 2.57 bits per heavy atom. The molecule has 0 amide bonds. The minimum atomic E-state index is 0.357. The molecule has 4 rings (SSSR count). The Balaban J connectivity index is 1.41. The summed E-state index contributed by atoms with van der Waals surface area (Å²) in [4.78, 5) is 15.7. The van der Waals surface area contributed by atoms with Crippen LogP contribution in [0.25, 0.3) is 10.9 Å². The average molecular weight is 369 g/mol. The van der Waals surface area contributed by atoms with E-state index in [0.29, 0.717) is 24.5 Å². The van der Waals surface area contributed by atoms with Crippen molar-refractivity contribution in [2.75, 3.05) is 0 Å². The molecule has 0 bridgehead atoms. The molecule has 1 aromatic heterocycles. The Morgan fingerprint density at radius 2 is 1.64 bits per heavy atom. The molecule has 0 saturated heterocycles. The molecule has 3 aromatic carbocycles. The van der Waals surface area contributed by atoms with Crippen LogP contribution < -0.4 is 9.47 Å². The number of nitrogens with zero attached hydrogens (tertiary/aromatic N) is 1. The number of benzene rings is 3. The van der Waals surface area contributed by atoms with E-state index < -0.39 is 0 Å². The first kappa shape index (κ1) is 17.7. The monoisotopic (exact) mass is 369 g/mol. The van der Waals surface area contributed by atoms with Gasteiger partial charge in [-0.05, 0) is 42.0 Å². The van der Waals surface area contributed by atoms with Gasteiger partial charge in [-0.1, -0.05) is 48.5 Å². The molecule has 0 fully saturated rings. The molecule has 0 N–H and O–H groups in total. The van der Waals surface area contributed by atoms with Crippen LogP contribution in [0.1, 0.15) is 21.6 Å². The van der Waals surface area contributed by atoms with Crippen LogP contribution in [0, 0.1) is 0 Å². The van der Waals surface area contributed by atoms with Crippen LogP contribution in [0.3, 0.4) is 0 Å². The minimum absolute atomic E-state index is 0.357. The van der Waals surface area contributed by atoms with Gasteiger partial charge in [0, 0.05) is 5.39 Å². The molecule has 1 heterocycles. The van der Waals surface area contributed by atoms with Gasteiger partial charge in [-0.2, -0.15) is 0 Å². The van der Waals surface area contributed by atoms with Gasteiger partial charge >= 0.3 is 0 Å². The van der Waals surface area contributed by atoms with Crippen LogP contribution in [-0.4, -0.2) is 11.3 Å². The molecule has 28 heavy (non-hydrogen) atoms. The number of aromatic nitrogens is 1. The highest BCUT2D eigenvalue weighted by Gasteiger charge is 2.04. The van der Waals surface area contributed by atoms with Crippen molar-refractivity contribution in [3.8, 4) is 11.5 Å². The molecule has 0 aliphatic rings. The van der Waals surface area contributed by atoms with Gasteiger partial charge in [-0.3, -0.25) is 4.79 Å². The van der Waals surface area contributed by atoms with Crippen LogP contribution in [0.15, 0.2) is 84.9 Å². The van der Waals surface area contributed by atoms with Crippen molar-refractivity contribution in [1.29, 1.82) is 0 Å². The summed E-state index contributed by atoms with van der Waals surface area (Å²) >= 11 is 0. The van der Waals surface area contributed by atoms with Crippen molar-refractivity contribution in [2.45, 2.75) is 13.2 Å². The maximum Gasteiger partial charge on any atom is 0.153 e. The molecule has 0 aliphatic heterocycles. The van der Waals surface area contributed by atoms with Gasteiger partial charge in [0.05, 0.1) is 16.8 Å². The van der Waals surface area contributed by atoms with Crippen LogP contribution in [-0.2, 0) is 13.2 Å². The van der Waals surface area contributed by atoms with Crippen molar-refractivity contribution >= 4 is 17.2 Å². The number of para-hydroxylation sites is 2. The summed E-state index contributed by atoms with van der Waals surface area (Å²) in [6.07, 6.45) is 0.797. The molecule has 0 saturated carbocycles. The number of hydrogen-bond donors (Lipinski definition) is 0. The molecule has 0 radical (unpaired) electrons. The van der Waals surface area contributed by atoms with E-state index in [1.807, 2.05) is 66.7 Å². The largest absolute Gasteiger partial charge is 0.488 e. The second-order valence-corrected chi connectivity index (χ2v) is 6.38. The Kier molecular flexibility index (Phi) is 5.29. The van der Waals surface area contributed by atoms with E-state index >= 15 is 0 Å². The summed E-state index contributed by atoms with van der Waals surface area (Å²) in [7, 11) is 0. The zero-order valence-electron chi connectivity index (χ0n) is 15.2. The summed E-state index contributed by atoms with van der Waals surface area (Å²) in [6, 6.07) is 27.0. The number of fused-ring (bicyclic) bond motifs is 1. The van der Waals surface area contributed by atoms with Crippen molar-refractivity contribution in [3.63, 3.8) is 0 Å². The Labute approximate surface area is 163 Å². The molecular formula is C24H19NO3. The zero-order valence-corrected chi connectivity index (χ0v) is 15.2. The molecule has 4 nitrogen and oxygen atoms in total. The van der Waals surface area contributed by atoms with Gasteiger partial charge < -0.3 is 9.47 Å². The van der Waals surface area contributed by atoms with Gasteiger partial charge in [0.15, 0.2) is 6.29 Å². The van der Waals surface area contributed by atoms with Gasteiger partial charge in [-0.15, -0.1) is 0 Å². The zero-order chi connectivity index (χ0) is 19.2. The highest BCUT2D eigenvalue weighted by molar-refractivity contribution is 5.79. The normalized spacial score (nSPS) is 10.6. The SMILES string of the molecule is O=Cc1ccccc1OCc1cccc(OCc2ccc3ccccc3n2)c1. The van der Waals surface area contributed by atoms with Gasteiger partial charge in [0.2, 0.25) is 0 Å². The molecule has 0 spiro atoms. The van der Waals surface area contributed by atoms with E-state index in [4.69, 9.17) is 9.47 Å². The molecule has 0 unspecified atom stereocenters. The first-order valence-electron chi connectivity index (χ1n) is 9.05. The first-order valence-corrected chi connectivity index (χ1v) is 9.05. The highest BCUT2D eigenvalue weighted by Crippen LogP contribution is 2.20. The first-order chi connectivity index (χ1) is 13.8. The second kappa shape index (κ2) is 8.35. The van der Waals surface area contributed by atoms with E-state index in [1.165, 1.54) is 0 Å². The van der Waals surface area contributed by atoms with E-state index in [0.717, 1.165) is 34.2 Å². The number of aldehydes is 1. The predicted octanol–water partition coefficient (Wildman–Crippen LogP) is 5.21. The van der Waals surface area contributed by atoms with Crippen molar-refractivity contribution in [2.24, 2.45) is 0 Å². The Morgan fingerprint density at radius 1 is 0.786 bits per heavy atom. The van der Waals surface area contributed by atoms with Crippen LogP contribution in [0.5, 0.6) is 11.5 Å². The number of hydrogen-bond acceptors (Lipinski definition) is 4. The summed E-state index contributed by atoms with van der Waals surface area (Å²) in [5.74, 6) is 1.32. The third-order valence-electron chi connectivity index (χ3n) is 4.38. The van der Waals surface area contributed by atoms with E-state index in [1.54, 1.807) is 12.1 Å². The second-order valence-electron chi connectivity index (χ2n) is 6.38. The summed E-state index contributed by atoms with van der Waals surface area (Å²) in [6.45, 7) is 0.749. The third kappa shape index (κ3) is 4.18. The molecule has 4 aromatic rings. The van der Waals surface area contributed by atoms with Crippen molar-refractivity contribution < 1.29 is 14.3 Å². The average Bonchev–Trinajstić information content (AvgIpc) is 2.76. The van der Waals surface area contributed by atoms with Gasteiger partial charge in [-0.25, -0.2) is 4.98 Å². The predicted molar refractivity (Wildman–Crippen MR) is 109 cm³/mol. The Hall–Kier alpha value is -3.66. The fourth-order valence-corrected chi connectivity index (χ4v) is 2.94. The number of pyridine rings is 1. The highest BCUT2D eigenvalue weighted by atomic mass is 16.5. The lowest BCUT2D eigenvalue weighted by molar-refractivity contribution is 0.111. The van der Waals surface area contributed by atoms with E-state index in [9.17, 15) is 4.79 Å². The lowest BCUT2D eigenvalue weighted by atomic mass is 10.2. The van der Waals surface area contributed by atoms with E-state index in [-0.39, 0.29) is 0 Å². The van der Waals surface area contributed by atoms with Crippen LogP contribution in [0.2, 0.25) is 0 Å². The van der Waals surface area contributed by atoms with Crippen molar-refractivity contribution in [3.05, 3.63) is 102 Å². The summed E-state index contributed by atoms with van der Waals surface area (Å²) in [5, 5.41) is 1.11. The van der Waals surface area contributed by atoms with Crippen LogP contribution in [0.4, 0.5) is 0 Å². The van der Waals surface area contributed by atoms with Crippen LogP contribution >= 0.6 is 0 Å². The molecule has 138 valence electrons. The smallest absolute Gasteiger partial charge is 0.153 e. The maximum atomic E-state index is 11.1. The fourth-order valence-electron chi connectivity index (χ4n) is 2.94. The van der Waals surface area contributed by atoms with E-state index in [2.05, 4.69) is 11.1 Å². The molecular weight excluding hydrogens is 350 g/mol. The Bertz CT molecular complexity index is 1110.